The average Bonchev–Trinajstić information content (AvgIpc) is 2.73. The summed E-state index contributed by atoms with van der Waals surface area (Å²) in [6.45, 7) is 2.54. The van der Waals surface area contributed by atoms with Crippen molar-refractivity contribution in [2.75, 3.05) is 13.2 Å². The standard InChI is InChI=1S/C22H21BrN2O3/c1-2-13-27-19-10-6-4-8-17(19)14-24-25-21(26)15-28-20-12-11-16-7-3-5-9-18(16)22(20)23/h3-12,14H,2,13,15H2,1H3,(H,25,26)/b24-14+. The van der Waals surface area contributed by atoms with E-state index in [0.717, 1.165) is 33.0 Å². The molecule has 0 heterocycles. The molecule has 0 saturated heterocycles. The lowest BCUT2D eigenvalue weighted by atomic mass is 10.1. The van der Waals surface area contributed by atoms with E-state index in [-0.39, 0.29) is 12.5 Å². The number of nitrogens with zero attached hydrogens (tertiary/aromatic N) is 1. The summed E-state index contributed by atoms with van der Waals surface area (Å²) in [6.07, 6.45) is 2.48. The fourth-order valence-corrected chi connectivity index (χ4v) is 3.21. The molecular weight excluding hydrogens is 420 g/mol. The molecule has 1 amide bonds. The van der Waals surface area contributed by atoms with Crippen molar-refractivity contribution >= 4 is 38.8 Å². The zero-order valence-corrected chi connectivity index (χ0v) is 17.1. The van der Waals surface area contributed by atoms with Gasteiger partial charge in [-0.1, -0.05) is 49.4 Å². The van der Waals surface area contributed by atoms with E-state index < -0.39 is 0 Å². The Morgan fingerprint density at radius 3 is 2.68 bits per heavy atom. The van der Waals surface area contributed by atoms with Crippen LogP contribution in [0.2, 0.25) is 0 Å². The van der Waals surface area contributed by atoms with Crippen LogP contribution in [0.15, 0.2) is 70.2 Å². The number of halogens is 1. The maximum atomic E-state index is 12.0. The molecule has 0 aliphatic rings. The Morgan fingerprint density at radius 2 is 1.82 bits per heavy atom. The molecule has 144 valence electrons. The average molecular weight is 441 g/mol. The van der Waals surface area contributed by atoms with Crippen LogP contribution >= 0.6 is 15.9 Å². The Hall–Kier alpha value is -2.86. The third-order valence-electron chi connectivity index (χ3n) is 3.96. The van der Waals surface area contributed by atoms with Gasteiger partial charge in [0.15, 0.2) is 6.61 Å². The number of ether oxygens (including phenoxy) is 2. The normalized spacial score (nSPS) is 10.9. The molecule has 0 spiro atoms. The van der Waals surface area contributed by atoms with Crippen molar-refractivity contribution in [1.82, 2.24) is 5.43 Å². The zero-order valence-electron chi connectivity index (χ0n) is 15.5. The number of rotatable bonds is 8. The van der Waals surface area contributed by atoms with Gasteiger partial charge >= 0.3 is 0 Å². The van der Waals surface area contributed by atoms with Crippen molar-refractivity contribution in [3.63, 3.8) is 0 Å². The SMILES string of the molecule is CCCOc1ccccc1/C=N/NC(=O)COc1ccc2ccccc2c1Br. The fourth-order valence-electron chi connectivity index (χ4n) is 2.61. The van der Waals surface area contributed by atoms with Crippen molar-refractivity contribution in [3.05, 3.63) is 70.7 Å². The molecule has 0 bridgehead atoms. The second-order valence-corrected chi connectivity index (χ2v) is 6.86. The van der Waals surface area contributed by atoms with Crippen molar-refractivity contribution < 1.29 is 14.3 Å². The van der Waals surface area contributed by atoms with Crippen molar-refractivity contribution in [3.8, 4) is 11.5 Å². The van der Waals surface area contributed by atoms with Gasteiger partial charge in [-0.3, -0.25) is 4.79 Å². The number of hydrazone groups is 1. The van der Waals surface area contributed by atoms with E-state index in [2.05, 4.69) is 26.5 Å². The van der Waals surface area contributed by atoms with E-state index >= 15 is 0 Å². The number of amides is 1. The van der Waals surface area contributed by atoms with Gasteiger partial charge in [-0.15, -0.1) is 0 Å². The van der Waals surface area contributed by atoms with E-state index in [1.165, 1.54) is 0 Å². The molecule has 0 fully saturated rings. The maximum Gasteiger partial charge on any atom is 0.277 e. The summed E-state index contributed by atoms with van der Waals surface area (Å²) in [7, 11) is 0. The van der Waals surface area contributed by atoms with Crippen LogP contribution in [0, 0.1) is 0 Å². The molecule has 28 heavy (non-hydrogen) atoms. The number of para-hydroxylation sites is 1. The lowest BCUT2D eigenvalue weighted by molar-refractivity contribution is -0.123. The third kappa shape index (κ3) is 5.10. The number of carbonyl (C=O) groups is 1. The van der Waals surface area contributed by atoms with Gasteiger partial charge in [0.25, 0.3) is 5.91 Å². The molecule has 6 heteroatoms. The lowest BCUT2D eigenvalue weighted by Crippen LogP contribution is -2.24. The van der Waals surface area contributed by atoms with E-state index in [9.17, 15) is 4.79 Å². The van der Waals surface area contributed by atoms with Gasteiger partial charge in [-0.25, -0.2) is 5.43 Å². The molecule has 0 aromatic heterocycles. The van der Waals surface area contributed by atoms with E-state index in [0.29, 0.717) is 12.4 Å². The Bertz CT molecular complexity index is 988. The van der Waals surface area contributed by atoms with Crippen LogP contribution in [0.5, 0.6) is 11.5 Å². The Balaban J connectivity index is 1.57. The molecule has 3 aromatic rings. The minimum atomic E-state index is -0.344. The summed E-state index contributed by atoms with van der Waals surface area (Å²) in [5, 5.41) is 6.13. The quantitative estimate of drug-likeness (QED) is 0.399. The first-order valence-corrected chi connectivity index (χ1v) is 9.82. The van der Waals surface area contributed by atoms with Crippen LogP contribution in [0.1, 0.15) is 18.9 Å². The number of nitrogens with one attached hydrogen (secondary N) is 1. The topological polar surface area (TPSA) is 59.9 Å². The van der Waals surface area contributed by atoms with Crippen molar-refractivity contribution in [1.29, 1.82) is 0 Å². The number of hydrogen-bond acceptors (Lipinski definition) is 4. The number of carbonyl (C=O) groups excluding carboxylic acids is 1. The smallest absolute Gasteiger partial charge is 0.277 e. The zero-order chi connectivity index (χ0) is 19.8. The van der Waals surface area contributed by atoms with Gasteiger partial charge in [-0.05, 0) is 51.3 Å². The summed E-state index contributed by atoms with van der Waals surface area (Å²) in [5.74, 6) is 0.998. The molecule has 0 radical (unpaired) electrons. The van der Waals surface area contributed by atoms with Crippen LogP contribution in [-0.2, 0) is 4.79 Å². The first-order valence-electron chi connectivity index (χ1n) is 9.03. The summed E-state index contributed by atoms with van der Waals surface area (Å²) in [4.78, 5) is 12.0. The molecule has 0 unspecified atom stereocenters. The first kappa shape index (κ1) is 19.9. The minimum absolute atomic E-state index is 0.137. The highest BCUT2D eigenvalue weighted by molar-refractivity contribution is 9.10. The van der Waals surface area contributed by atoms with Crippen molar-refractivity contribution in [2.24, 2.45) is 5.10 Å². The molecule has 5 nitrogen and oxygen atoms in total. The molecular formula is C22H21BrN2O3. The highest BCUT2D eigenvalue weighted by Gasteiger charge is 2.08. The van der Waals surface area contributed by atoms with Gasteiger partial charge in [0, 0.05) is 5.56 Å². The second kappa shape index (κ2) is 9.90. The van der Waals surface area contributed by atoms with E-state index in [1.807, 2.05) is 67.6 Å². The monoisotopic (exact) mass is 440 g/mol. The first-order chi connectivity index (χ1) is 13.7. The Kier molecular flexibility index (Phi) is 7.03. The molecule has 3 aromatic carbocycles. The summed E-state index contributed by atoms with van der Waals surface area (Å²) < 4.78 is 12.1. The molecule has 0 saturated carbocycles. The fraction of sp³-hybridized carbons (Fsp3) is 0.182. The van der Waals surface area contributed by atoms with Crippen LogP contribution in [0.4, 0.5) is 0 Å². The number of fused-ring (bicyclic) bond motifs is 1. The Morgan fingerprint density at radius 1 is 1.04 bits per heavy atom. The van der Waals surface area contributed by atoms with Gasteiger partial charge < -0.3 is 9.47 Å². The maximum absolute atomic E-state index is 12.0. The minimum Gasteiger partial charge on any atom is -0.493 e. The predicted octanol–water partition coefficient (Wildman–Crippen LogP) is 4.92. The Labute approximate surface area is 172 Å². The van der Waals surface area contributed by atoms with Gasteiger partial charge in [-0.2, -0.15) is 5.10 Å². The summed E-state index contributed by atoms with van der Waals surface area (Å²) in [5.41, 5.74) is 3.28. The van der Waals surface area contributed by atoms with E-state index in [4.69, 9.17) is 9.47 Å². The predicted molar refractivity (Wildman–Crippen MR) is 115 cm³/mol. The number of benzene rings is 3. The molecule has 1 N–H and O–H groups in total. The lowest BCUT2D eigenvalue weighted by Gasteiger charge is -2.10. The van der Waals surface area contributed by atoms with Crippen molar-refractivity contribution in [2.45, 2.75) is 13.3 Å². The second-order valence-electron chi connectivity index (χ2n) is 6.07. The van der Waals surface area contributed by atoms with Crippen LogP contribution < -0.4 is 14.9 Å². The molecule has 0 atom stereocenters. The summed E-state index contributed by atoms with van der Waals surface area (Å²) in [6, 6.07) is 19.3. The highest BCUT2D eigenvalue weighted by Crippen LogP contribution is 2.32. The van der Waals surface area contributed by atoms with Crippen LogP contribution in [-0.4, -0.2) is 25.3 Å². The highest BCUT2D eigenvalue weighted by atomic mass is 79.9. The number of hydrogen-bond donors (Lipinski definition) is 1. The van der Waals surface area contributed by atoms with Gasteiger partial charge in [0.2, 0.25) is 0 Å². The summed E-state index contributed by atoms with van der Waals surface area (Å²) >= 11 is 3.54. The van der Waals surface area contributed by atoms with Gasteiger partial charge in [0.1, 0.15) is 11.5 Å². The van der Waals surface area contributed by atoms with Crippen LogP contribution in [0.25, 0.3) is 10.8 Å². The largest absolute Gasteiger partial charge is 0.493 e. The molecule has 0 aliphatic carbocycles. The molecule has 3 rings (SSSR count). The molecule has 0 aliphatic heterocycles. The van der Waals surface area contributed by atoms with Gasteiger partial charge in [0.05, 0.1) is 17.3 Å². The van der Waals surface area contributed by atoms with Crippen LogP contribution in [0.3, 0.4) is 0 Å². The van der Waals surface area contributed by atoms with E-state index in [1.54, 1.807) is 6.21 Å². The third-order valence-corrected chi connectivity index (χ3v) is 4.78.